The van der Waals surface area contributed by atoms with Gasteiger partial charge in [0, 0.05) is 18.5 Å². The molecule has 134 valence electrons. The van der Waals surface area contributed by atoms with Crippen molar-refractivity contribution < 1.29 is 4.74 Å². The third kappa shape index (κ3) is 4.02. The summed E-state index contributed by atoms with van der Waals surface area (Å²) in [5, 5.41) is 12.9. The van der Waals surface area contributed by atoms with Crippen LogP contribution in [-0.4, -0.2) is 40.4 Å². The van der Waals surface area contributed by atoms with Crippen molar-refractivity contribution in [3.05, 3.63) is 26.6 Å². The Hall–Kier alpha value is -1.49. The number of fused-ring (bicyclic) bond motifs is 1. The molecule has 2 N–H and O–H groups in total. The average molecular weight is 398 g/mol. The highest BCUT2D eigenvalue weighted by Crippen LogP contribution is 2.36. The number of thioether (sulfide) groups is 1. The number of hydrogen-bond donors (Lipinski definition) is 2. The smallest absolute Gasteiger partial charge is 0.259 e. The van der Waals surface area contributed by atoms with E-state index in [1.165, 1.54) is 23.1 Å². The summed E-state index contributed by atoms with van der Waals surface area (Å²) < 4.78 is 5.82. The summed E-state index contributed by atoms with van der Waals surface area (Å²) in [4.78, 5) is 21.9. The lowest BCUT2D eigenvalue weighted by Crippen LogP contribution is -2.12. The molecule has 3 aromatic rings. The SMILES string of the molecule is COCCNc1nnc(S[C@@H](C)c2nc3sc(C)c(C)c3c(=O)[nH]2)s1. The number of ether oxygens (including phenoxy) is 1. The van der Waals surface area contributed by atoms with Crippen molar-refractivity contribution in [3.8, 4) is 0 Å². The number of hydrogen-bond acceptors (Lipinski definition) is 9. The Labute approximate surface area is 157 Å². The molecule has 7 nitrogen and oxygen atoms in total. The Morgan fingerprint density at radius 2 is 2.12 bits per heavy atom. The van der Waals surface area contributed by atoms with Crippen molar-refractivity contribution in [3.63, 3.8) is 0 Å². The molecule has 0 aliphatic rings. The van der Waals surface area contributed by atoms with Crippen molar-refractivity contribution in [1.82, 2.24) is 20.2 Å². The van der Waals surface area contributed by atoms with E-state index in [0.717, 1.165) is 24.7 Å². The molecule has 0 aliphatic heterocycles. The lowest BCUT2D eigenvalue weighted by Gasteiger charge is -2.07. The van der Waals surface area contributed by atoms with E-state index in [9.17, 15) is 4.79 Å². The Morgan fingerprint density at radius 3 is 2.88 bits per heavy atom. The summed E-state index contributed by atoms with van der Waals surface area (Å²) in [6, 6.07) is 0. The van der Waals surface area contributed by atoms with Gasteiger partial charge in [0.15, 0.2) is 4.34 Å². The number of rotatable bonds is 7. The van der Waals surface area contributed by atoms with Gasteiger partial charge in [-0.25, -0.2) is 4.98 Å². The Bertz CT molecular complexity index is 933. The van der Waals surface area contributed by atoms with Crippen LogP contribution in [0, 0.1) is 13.8 Å². The van der Waals surface area contributed by atoms with Crippen molar-refractivity contribution in [2.24, 2.45) is 0 Å². The van der Waals surface area contributed by atoms with Crippen molar-refractivity contribution in [2.75, 3.05) is 25.6 Å². The maximum atomic E-state index is 12.4. The van der Waals surface area contributed by atoms with E-state index in [1.54, 1.807) is 18.4 Å². The van der Waals surface area contributed by atoms with Gasteiger partial charge in [-0.1, -0.05) is 23.1 Å². The predicted molar refractivity (Wildman–Crippen MR) is 104 cm³/mol. The molecule has 3 rings (SSSR count). The lowest BCUT2D eigenvalue weighted by atomic mass is 10.2. The monoisotopic (exact) mass is 397 g/mol. The highest BCUT2D eigenvalue weighted by atomic mass is 32.2. The van der Waals surface area contributed by atoms with Crippen LogP contribution in [0.1, 0.15) is 28.4 Å². The highest BCUT2D eigenvalue weighted by molar-refractivity contribution is 8.01. The molecule has 0 saturated carbocycles. The first-order chi connectivity index (χ1) is 12.0. The van der Waals surface area contributed by atoms with Crippen LogP contribution in [0.15, 0.2) is 9.13 Å². The van der Waals surface area contributed by atoms with Crippen LogP contribution < -0.4 is 10.9 Å². The van der Waals surface area contributed by atoms with Crippen molar-refractivity contribution in [1.29, 1.82) is 0 Å². The van der Waals surface area contributed by atoms with Gasteiger partial charge in [0.2, 0.25) is 5.13 Å². The minimum atomic E-state index is -0.0755. The molecule has 0 aromatic carbocycles. The fraction of sp³-hybridized carbons (Fsp3) is 0.467. The Morgan fingerprint density at radius 1 is 1.32 bits per heavy atom. The third-order valence-electron chi connectivity index (χ3n) is 3.71. The van der Waals surface area contributed by atoms with Crippen LogP contribution in [0.4, 0.5) is 5.13 Å². The summed E-state index contributed by atoms with van der Waals surface area (Å²) in [5.74, 6) is 0.660. The molecule has 10 heteroatoms. The minimum absolute atomic E-state index is 0.0282. The maximum Gasteiger partial charge on any atom is 0.259 e. The van der Waals surface area contributed by atoms with Crippen LogP contribution in [0.3, 0.4) is 0 Å². The van der Waals surface area contributed by atoms with Gasteiger partial charge >= 0.3 is 0 Å². The zero-order chi connectivity index (χ0) is 18.0. The third-order valence-corrected chi connectivity index (χ3v) is 6.88. The summed E-state index contributed by atoms with van der Waals surface area (Å²) in [6.07, 6.45) is 0. The number of methoxy groups -OCH3 is 1. The molecule has 0 fully saturated rings. The molecule has 0 spiro atoms. The van der Waals surface area contributed by atoms with Crippen LogP contribution in [0.25, 0.3) is 10.2 Å². The van der Waals surface area contributed by atoms with E-state index >= 15 is 0 Å². The van der Waals surface area contributed by atoms with E-state index in [0.29, 0.717) is 24.4 Å². The first-order valence-electron chi connectivity index (χ1n) is 7.72. The number of H-pyrrole nitrogens is 1. The predicted octanol–water partition coefficient (Wildman–Crippen LogP) is 3.36. The largest absolute Gasteiger partial charge is 0.383 e. The fourth-order valence-corrected chi connectivity index (χ4v) is 5.28. The number of nitrogens with one attached hydrogen (secondary N) is 2. The normalized spacial score (nSPS) is 12.6. The quantitative estimate of drug-likeness (QED) is 0.466. The van der Waals surface area contributed by atoms with Crippen LogP contribution >= 0.6 is 34.4 Å². The Balaban J connectivity index is 1.76. The standard InChI is InChI=1S/C15H19N5O2S3/c1-7-8(2)23-13-10(7)12(21)17-11(18-13)9(3)24-15-20-19-14(25-15)16-5-6-22-4/h9H,5-6H2,1-4H3,(H,16,19)(H,17,18,21)/t9-/m0/s1. The molecule has 25 heavy (non-hydrogen) atoms. The molecule has 0 bridgehead atoms. The second-order valence-electron chi connectivity index (χ2n) is 5.47. The second-order valence-corrected chi connectivity index (χ2v) is 9.24. The highest BCUT2D eigenvalue weighted by Gasteiger charge is 2.17. The topological polar surface area (TPSA) is 92.8 Å². The molecule has 0 saturated heterocycles. The van der Waals surface area contributed by atoms with Gasteiger partial charge in [0.25, 0.3) is 5.56 Å². The van der Waals surface area contributed by atoms with Gasteiger partial charge in [-0.3, -0.25) is 4.79 Å². The molecule has 3 aromatic heterocycles. The first-order valence-corrected chi connectivity index (χ1v) is 10.2. The van der Waals surface area contributed by atoms with Gasteiger partial charge in [-0.2, -0.15) is 0 Å². The summed E-state index contributed by atoms with van der Waals surface area (Å²) in [7, 11) is 1.66. The van der Waals surface area contributed by atoms with Crippen LogP contribution in [0.2, 0.25) is 0 Å². The van der Waals surface area contributed by atoms with Gasteiger partial charge in [0.05, 0.1) is 17.2 Å². The Kier molecular flexibility index (Phi) is 5.72. The number of anilines is 1. The first kappa shape index (κ1) is 18.3. The van der Waals surface area contributed by atoms with Gasteiger partial charge < -0.3 is 15.0 Å². The van der Waals surface area contributed by atoms with Gasteiger partial charge in [-0.15, -0.1) is 21.5 Å². The maximum absolute atomic E-state index is 12.4. The lowest BCUT2D eigenvalue weighted by molar-refractivity contribution is 0.211. The van der Waals surface area contributed by atoms with E-state index in [1.807, 2.05) is 20.8 Å². The summed E-state index contributed by atoms with van der Waals surface area (Å²) in [5.41, 5.74) is 0.935. The number of aromatic amines is 1. The molecular formula is C15H19N5O2S3. The molecule has 0 amide bonds. The van der Waals surface area contributed by atoms with E-state index < -0.39 is 0 Å². The molecule has 3 heterocycles. The minimum Gasteiger partial charge on any atom is -0.383 e. The zero-order valence-corrected chi connectivity index (χ0v) is 16.8. The molecule has 0 aliphatic carbocycles. The van der Waals surface area contributed by atoms with Crippen molar-refractivity contribution in [2.45, 2.75) is 30.4 Å². The molecule has 0 unspecified atom stereocenters. The van der Waals surface area contributed by atoms with Gasteiger partial charge in [-0.05, 0) is 26.3 Å². The summed E-state index contributed by atoms with van der Waals surface area (Å²) in [6.45, 7) is 7.28. The molecular weight excluding hydrogens is 378 g/mol. The van der Waals surface area contributed by atoms with E-state index in [4.69, 9.17) is 4.74 Å². The number of thiophene rings is 1. The number of nitrogens with zero attached hydrogens (tertiary/aromatic N) is 3. The molecule has 1 atom stereocenters. The number of aromatic nitrogens is 4. The van der Waals surface area contributed by atoms with Crippen molar-refractivity contribution >= 4 is 49.8 Å². The van der Waals surface area contributed by atoms with E-state index in [2.05, 4.69) is 25.5 Å². The average Bonchev–Trinajstić information content (AvgIpc) is 3.12. The second kappa shape index (κ2) is 7.81. The molecule has 0 radical (unpaired) electrons. The van der Waals surface area contributed by atoms with Gasteiger partial charge in [0.1, 0.15) is 10.7 Å². The van der Waals surface area contributed by atoms with E-state index in [-0.39, 0.29) is 10.8 Å². The fourth-order valence-electron chi connectivity index (χ4n) is 2.26. The van der Waals surface area contributed by atoms with Crippen LogP contribution in [-0.2, 0) is 4.74 Å². The zero-order valence-electron chi connectivity index (χ0n) is 14.4. The number of aryl methyl sites for hydroxylation is 2. The van der Waals surface area contributed by atoms with Crippen LogP contribution in [0.5, 0.6) is 0 Å². The summed E-state index contributed by atoms with van der Waals surface area (Å²) >= 11 is 4.57.